The maximum absolute atomic E-state index is 5.78. The minimum Gasteiger partial charge on any atom is -0.492 e. The highest BCUT2D eigenvalue weighted by molar-refractivity contribution is 5.79. The van der Waals surface area contributed by atoms with E-state index in [0.29, 0.717) is 37.3 Å². The smallest absolute Gasteiger partial charge is 0.231 e. The van der Waals surface area contributed by atoms with Crippen LogP contribution in [0.15, 0.2) is 33.8 Å². The molecular formula is C20H28N4O4. The molecule has 3 rings (SSSR count). The Kier molecular flexibility index (Phi) is 6.28. The summed E-state index contributed by atoms with van der Waals surface area (Å²) >= 11 is 0. The number of nitrogens with zero attached hydrogens (tertiary/aromatic N) is 2. The lowest BCUT2D eigenvalue weighted by Gasteiger charge is -2.13. The average Bonchev–Trinajstić information content (AvgIpc) is 3.31. The minimum absolute atomic E-state index is 0.0657. The minimum atomic E-state index is -0.0657. The monoisotopic (exact) mass is 388 g/mol. The Morgan fingerprint density at radius 1 is 1.21 bits per heavy atom. The van der Waals surface area contributed by atoms with Crippen LogP contribution in [0, 0.1) is 0 Å². The number of hydrogen-bond acceptors (Lipinski definition) is 6. The predicted octanol–water partition coefficient (Wildman–Crippen LogP) is 2.83. The lowest BCUT2D eigenvalue weighted by molar-refractivity contribution is 0.173. The van der Waals surface area contributed by atoms with E-state index in [2.05, 4.69) is 41.4 Å². The average molecular weight is 388 g/mol. The Hall–Kier alpha value is -2.90. The molecule has 8 nitrogen and oxygen atoms in total. The maximum atomic E-state index is 5.78. The number of aliphatic imine (C=N–C) groups is 1. The zero-order valence-corrected chi connectivity index (χ0v) is 16.9. The summed E-state index contributed by atoms with van der Waals surface area (Å²) in [4.78, 5) is 8.82. The van der Waals surface area contributed by atoms with Crippen LogP contribution in [-0.4, -0.2) is 37.4 Å². The molecular weight excluding hydrogens is 360 g/mol. The van der Waals surface area contributed by atoms with E-state index in [1.165, 1.54) is 0 Å². The summed E-state index contributed by atoms with van der Waals surface area (Å²) in [6.45, 7) is 10.7. The first kappa shape index (κ1) is 19.9. The molecule has 2 aromatic rings. The Labute approximate surface area is 165 Å². The summed E-state index contributed by atoms with van der Waals surface area (Å²) in [5.74, 6) is 4.33. The third kappa shape index (κ3) is 5.31. The van der Waals surface area contributed by atoms with Crippen molar-refractivity contribution in [3.63, 3.8) is 0 Å². The fourth-order valence-corrected chi connectivity index (χ4v) is 2.52. The van der Waals surface area contributed by atoms with Gasteiger partial charge in [-0.1, -0.05) is 20.8 Å². The molecule has 0 spiro atoms. The second kappa shape index (κ2) is 8.86. The fraction of sp³-hybridized carbons (Fsp3) is 0.500. The molecule has 2 heterocycles. The van der Waals surface area contributed by atoms with Gasteiger partial charge in [0.25, 0.3) is 0 Å². The first-order chi connectivity index (χ1) is 13.5. The topological polar surface area (TPSA) is 90.1 Å². The van der Waals surface area contributed by atoms with Crippen molar-refractivity contribution in [3.8, 4) is 17.2 Å². The number of oxazole rings is 1. The van der Waals surface area contributed by atoms with Crippen LogP contribution in [0.1, 0.15) is 39.3 Å². The van der Waals surface area contributed by atoms with Crippen LogP contribution in [-0.2, 0) is 12.0 Å². The second-order valence-corrected chi connectivity index (χ2v) is 7.35. The second-order valence-electron chi connectivity index (χ2n) is 7.35. The Balaban J connectivity index is 1.47. The highest BCUT2D eigenvalue weighted by Gasteiger charge is 2.19. The van der Waals surface area contributed by atoms with Crippen LogP contribution < -0.4 is 24.8 Å². The first-order valence-electron chi connectivity index (χ1n) is 9.45. The van der Waals surface area contributed by atoms with Gasteiger partial charge in [-0.15, -0.1) is 0 Å². The van der Waals surface area contributed by atoms with Gasteiger partial charge < -0.3 is 29.3 Å². The van der Waals surface area contributed by atoms with E-state index >= 15 is 0 Å². The fourth-order valence-electron chi connectivity index (χ4n) is 2.52. The largest absolute Gasteiger partial charge is 0.492 e. The number of aromatic nitrogens is 1. The molecule has 0 saturated carbocycles. The SMILES string of the molecule is CCNC(=NCc1ncc(C(C)(C)C)o1)NCCOc1ccc2c(c1)OCO2. The molecule has 2 N–H and O–H groups in total. The zero-order valence-electron chi connectivity index (χ0n) is 16.9. The van der Waals surface area contributed by atoms with Crippen LogP contribution >= 0.6 is 0 Å². The number of guanidine groups is 1. The molecule has 0 bridgehead atoms. The lowest BCUT2D eigenvalue weighted by atomic mass is 9.94. The van der Waals surface area contributed by atoms with Crippen molar-refractivity contribution >= 4 is 5.96 Å². The van der Waals surface area contributed by atoms with E-state index in [-0.39, 0.29) is 12.2 Å². The van der Waals surface area contributed by atoms with Gasteiger partial charge in [0, 0.05) is 18.0 Å². The van der Waals surface area contributed by atoms with Crippen molar-refractivity contribution in [2.45, 2.75) is 39.7 Å². The standard InChI is InChI=1S/C20H28N4O4/c1-5-21-19(24-12-18-23-11-17(28-18)20(2,3)4)22-8-9-25-14-6-7-15-16(10-14)27-13-26-15/h6-7,10-11H,5,8-9,12-13H2,1-4H3,(H2,21,22,24). The molecule has 0 radical (unpaired) electrons. The van der Waals surface area contributed by atoms with Crippen molar-refractivity contribution in [3.05, 3.63) is 36.0 Å². The molecule has 1 aliphatic rings. The highest BCUT2D eigenvalue weighted by atomic mass is 16.7. The van der Waals surface area contributed by atoms with E-state index in [1.807, 2.05) is 25.1 Å². The van der Waals surface area contributed by atoms with Crippen molar-refractivity contribution in [1.82, 2.24) is 15.6 Å². The number of benzene rings is 1. The van der Waals surface area contributed by atoms with Gasteiger partial charge in [0.1, 0.15) is 24.7 Å². The molecule has 0 atom stereocenters. The van der Waals surface area contributed by atoms with E-state index < -0.39 is 0 Å². The van der Waals surface area contributed by atoms with Gasteiger partial charge in [-0.25, -0.2) is 9.98 Å². The number of ether oxygens (including phenoxy) is 3. The number of nitrogens with one attached hydrogen (secondary N) is 2. The van der Waals surface area contributed by atoms with Gasteiger partial charge in [-0.2, -0.15) is 0 Å². The third-order valence-electron chi connectivity index (χ3n) is 4.02. The van der Waals surface area contributed by atoms with Gasteiger partial charge in [0.05, 0.1) is 12.7 Å². The van der Waals surface area contributed by atoms with Crippen LogP contribution in [0.2, 0.25) is 0 Å². The Bertz CT molecular complexity index is 811. The molecule has 0 fully saturated rings. The van der Waals surface area contributed by atoms with Gasteiger partial charge >= 0.3 is 0 Å². The van der Waals surface area contributed by atoms with E-state index in [1.54, 1.807) is 6.20 Å². The molecule has 1 aromatic carbocycles. The molecule has 0 aliphatic carbocycles. The van der Waals surface area contributed by atoms with Crippen LogP contribution in [0.4, 0.5) is 0 Å². The molecule has 0 saturated heterocycles. The van der Waals surface area contributed by atoms with E-state index in [4.69, 9.17) is 18.6 Å². The molecule has 1 aliphatic heterocycles. The molecule has 0 unspecified atom stereocenters. The van der Waals surface area contributed by atoms with Crippen LogP contribution in [0.5, 0.6) is 17.2 Å². The maximum Gasteiger partial charge on any atom is 0.231 e. The predicted molar refractivity (Wildman–Crippen MR) is 106 cm³/mol. The van der Waals surface area contributed by atoms with E-state index in [9.17, 15) is 0 Å². The summed E-state index contributed by atoms with van der Waals surface area (Å²) in [5, 5.41) is 6.44. The van der Waals surface area contributed by atoms with Gasteiger partial charge in [-0.3, -0.25) is 0 Å². The van der Waals surface area contributed by atoms with Gasteiger partial charge in [-0.05, 0) is 19.1 Å². The van der Waals surface area contributed by atoms with Crippen molar-refractivity contribution in [2.24, 2.45) is 4.99 Å². The summed E-state index contributed by atoms with van der Waals surface area (Å²) in [6, 6.07) is 5.54. The van der Waals surface area contributed by atoms with Gasteiger partial charge in [0.2, 0.25) is 12.7 Å². The summed E-state index contributed by atoms with van der Waals surface area (Å²) in [7, 11) is 0. The quantitative estimate of drug-likeness (QED) is 0.428. The summed E-state index contributed by atoms with van der Waals surface area (Å²) in [6.07, 6.45) is 1.77. The number of rotatable bonds is 7. The molecule has 1 aromatic heterocycles. The molecule has 152 valence electrons. The van der Waals surface area contributed by atoms with Crippen molar-refractivity contribution < 1.29 is 18.6 Å². The summed E-state index contributed by atoms with van der Waals surface area (Å²) < 4.78 is 22.2. The van der Waals surface area contributed by atoms with Crippen molar-refractivity contribution in [2.75, 3.05) is 26.5 Å². The summed E-state index contributed by atoms with van der Waals surface area (Å²) in [5.41, 5.74) is -0.0657. The lowest BCUT2D eigenvalue weighted by Crippen LogP contribution is -2.39. The normalized spacial score (nSPS) is 13.5. The van der Waals surface area contributed by atoms with E-state index in [0.717, 1.165) is 23.8 Å². The molecule has 28 heavy (non-hydrogen) atoms. The van der Waals surface area contributed by atoms with Crippen LogP contribution in [0.25, 0.3) is 0 Å². The molecule has 8 heteroatoms. The first-order valence-corrected chi connectivity index (χ1v) is 9.45. The number of fused-ring (bicyclic) bond motifs is 1. The third-order valence-corrected chi connectivity index (χ3v) is 4.02. The Morgan fingerprint density at radius 2 is 2.04 bits per heavy atom. The van der Waals surface area contributed by atoms with Crippen LogP contribution in [0.3, 0.4) is 0 Å². The highest BCUT2D eigenvalue weighted by Crippen LogP contribution is 2.34. The zero-order chi connectivity index (χ0) is 20.0. The molecule has 0 amide bonds. The van der Waals surface area contributed by atoms with Crippen molar-refractivity contribution in [1.29, 1.82) is 0 Å². The Morgan fingerprint density at radius 3 is 2.79 bits per heavy atom. The van der Waals surface area contributed by atoms with Gasteiger partial charge in [0.15, 0.2) is 17.5 Å². The number of hydrogen-bond donors (Lipinski definition) is 2.